The number of aliphatic hydroxyl groups excluding tert-OH is 1. The summed E-state index contributed by atoms with van der Waals surface area (Å²) >= 11 is 0. The average Bonchev–Trinajstić information content (AvgIpc) is 3.55. The Kier molecular flexibility index (Phi) is 8.14. The van der Waals surface area contributed by atoms with Crippen LogP contribution in [-0.4, -0.2) is 56.5 Å². The highest BCUT2D eigenvalue weighted by Crippen LogP contribution is 2.27. The van der Waals surface area contributed by atoms with E-state index < -0.39 is 0 Å². The average molecular weight is 541 g/mol. The number of pyridine rings is 1. The minimum absolute atomic E-state index is 0.191. The number of hydrogen-bond donors (Lipinski definition) is 3. The van der Waals surface area contributed by atoms with Crippen molar-refractivity contribution in [3.05, 3.63) is 90.4 Å². The minimum atomic E-state index is -0.367. The molecule has 0 saturated carbocycles. The second-order valence-electron chi connectivity index (χ2n) is 11.1. The molecule has 1 saturated heterocycles. The van der Waals surface area contributed by atoms with E-state index in [9.17, 15) is 9.90 Å². The molecule has 0 radical (unpaired) electrons. The van der Waals surface area contributed by atoms with Gasteiger partial charge in [0.25, 0.3) is 0 Å². The molecule has 5 rings (SSSR count). The van der Waals surface area contributed by atoms with E-state index in [1.165, 1.54) is 5.56 Å². The second kappa shape index (κ2) is 11.9. The first-order chi connectivity index (χ1) is 19.2. The molecule has 2 aromatic heterocycles. The van der Waals surface area contributed by atoms with Crippen LogP contribution in [0, 0.1) is 0 Å². The molecule has 1 aliphatic rings. The van der Waals surface area contributed by atoms with Gasteiger partial charge in [0, 0.05) is 49.2 Å². The lowest BCUT2D eigenvalue weighted by Crippen LogP contribution is -2.24. The molecule has 1 fully saturated rings. The largest absolute Gasteiger partial charge is 0.457 e. The molecule has 208 valence electrons. The molecule has 2 amide bonds. The summed E-state index contributed by atoms with van der Waals surface area (Å²) in [4.78, 5) is 19.2. The third kappa shape index (κ3) is 7.05. The molecule has 0 bridgehead atoms. The summed E-state index contributed by atoms with van der Waals surface area (Å²) in [6, 6.07) is 20.5. The van der Waals surface area contributed by atoms with E-state index in [1.54, 1.807) is 53.5 Å². The number of urea groups is 1. The Bertz CT molecular complexity index is 1410. The lowest BCUT2D eigenvalue weighted by Gasteiger charge is -2.15. The fraction of sp³-hybridized carbons (Fsp3) is 0.323. The highest BCUT2D eigenvalue weighted by Gasteiger charge is 2.22. The maximum absolute atomic E-state index is 13.0. The monoisotopic (exact) mass is 540 g/mol. The smallest absolute Gasteiger partial charge is 0.324 e. The summed E-state index contributed by atoms with van der Waals surface area (Å²) in [5, 5.41) is 20.4. The van der Waals surface area contributed by atoms with Crippen LogP contribution in [-0.2, 0) is 11.8 Å². The molecular formula is C31H36N6O3. The van der Waals surface area contributed by atoms with E-state index in [-0.39, 0.29) is 17.6 Å². The zero-order valence-corrected chi connectivity index (χ0v) is 23.2. The maximum Gasteiger partial charge on any atom is 0.324 e. The third-order valence-corrected chi connectivity index (χ3v) is 6.86. The van der Waals surface area contributed by atoms with Crippen molar-refractivity contribution in [1.29, 1.82) is 0 Å². The number of hydrogen-bond acceptors (Lipinski definition) is 6. The van der Waals surface area contributed by atoms with Gasteiger partial charge in [0.05, 0.1) is 17.5 Å². The first-order valence-electron chi connectivity index (χ1n) is 13.6. The lowest BCUT2D eigenvalue weighted by molar-refractivity contribution is 0.177. The van der Waals surface area contributed by atoms with Crippen LogP contribution in [0.15, 0.2) is 79.1 Å². The summed E-state index contributed by atoms with van der Waals surface area (Å²) in [5.41, 5.74) is 3.40. The number of ether oxygens (including phenoxy) is 1. The molecule has 0 unspecified atom stereocenters. The molecule has 2 aromatic carbocycles. The van der Waals surface area contributed by atoms with Gasteiger partial charge in [-0.1, -0.05) is 32.9 Å². The molecule has 9 nitrogen and oxygen atoms in total. The quantitative estimate of drug-likeness (QED) is 0.268. The first-order valence-corrected chi connectivity index (χ1v) is 13.6. The Labute approximate surface area is 234 Å². The molecular weight excluding hydrogens is 504 g/mol. The zero-order chi connectivity index (χ0) is 28.1. The van der Waals surface area contributed by atoms with Gasteiger partial charge in [-0.2, -0.15) is 5.10 Å². The fourth-order valence-electron chi connectivity index (χ4n) is 4.57. The second-order valence-corrected chi connectivity index (χ2v) is 11.1. The standard InChI is InChI=1S/C31H36N6O3/c1-31(2,3)28-20-29(34-30(39)33-23-6-10-26(11-7-23)40-27-12-16-32-17-13-27)37(35-28)24-8-4-22(5-9-24)14-18-36-19-15-25(38)21-36/h4-13,16-17,20,25,38H,14-15,18-19,21H2,1-3H3,(H2,33,34,39)/t25-/m0/s1. The minimum Gasteiger partial charge on any atom is -0.457 e. The van der Waals surface area contributed by atoms with Crippen LogP contribution in [0.1, 0.15) is 38.4 Å². The van der Waals surface area contributed by atoms with Gasteiger partial charge in [-0.05, 0) is 66.9 Å². The van der Waals surface area contributed by atoms with Crippen LogP contribution >= 0.6 is 0 Å². The van der Waals surface area contributed by atoms with E-state index in [0.717, 1.165) is 43.9 Å². The highest BCUT2D eigenvalue weighted by molar-refractivity contribution is 5.99. The molecule has 4 aromatic rings. The van der Waals surface area contributed by atoms with Crippen molar-refractivity contribution in [2.24, 2.45) is 0 Å². The number of nitrogens with zero attached hydrogens (tertiary/aromatic N) is 4. The molecule has 0 aliphatic carbocycles. The zero-order valence-electron chi connectivity index (χ0n) is 23.2. The highest BCUT2D eigenvalue weighted by atomic mass is 16.5. The van der Waals surface area contributed by atoms with Gasteiger partial charge in [0.2, 0.25) is 0 Å². The van der Waals surface area contributed by atoms with Crippen molar-refractivity contribution in [3.8, 4) is 17.2 Å². The SMILES string of the molecule is CC(C)(C)c1cc(NC(=O)Nc2ccc(Oc3ccncc3)cc2)n(-c2ccc(CCN3CC[C@H](O)C3)cc2)n1. The molecule has 3 heterocycles. The molecule has 3 N–H and O–H groups in total. The van der Waals surface area contributed by atoms with Crippen LogP contribution in [0.5, 0.6) is 11.5 Å². The first kappa shape index (κ1) is 27.4. The number of anilines is 2. The van der Waals surface area contributed by atoms with Crippen molar-refractivity contribution >= 4 is 17.5 Å². The molecule has 1 atom stereocenters. The number of amides is 2. The van der Waals surface area contributed by atoms with Crippen LogP contribution < -0.4 is 15.4 Å². The number of benzene rings is 2. The van der Waals surface area contributed by atoms with Gasteiger partial charge in [0.15, 0.2) is 0 Å². The number of aromatic nitrogens is 3. The fourth-order valence-corrected chi connectivity index (χ4v) is 4.57. The Hall–Kier alpha value is -4.21. The third-order valence-electron chi connectivity index (χ3n) is 6.86. The van der Waals surface area contributed by atoms with Crippen LogP contribution in [0.2, 0.25) is 0 Å². The number of rotatable bonds is 8. The predicted octanol–water partition coefficient (Wildman–Crippen LogP) is 5.61. The molecule has 1 aliphatic heterocycles. The van der Waals surface area contributed by atoms with Crippen molar-refractivity contribution in [3.63, 3.8) is 0 Å². The number of β-amino-alcohol motifs (C(OH)–C–C–N with tert-alkyl or cyclic N) is 1. The summed E-state index contributed by atoms with van der Waals surface area (Å²) in [6.45, 7) is 8.91. The topological polar surface area (TPSA) is 105 Å². The Morgan fingerprint density at radius 2 is 1.70 bits per heavy atom. The summed E-state index contributed by atoms with van der Waals surface area (Å²) in [6.07, 6.45) is 4.90. The van der Waals surface area contributed by atoms with Crippen LogP contribution in [0.4, 0.5) is 16.3 Å². The van der Waals surface area contributed by atoms with E-state index in [4.69, 9.17) is 9.84 Å². The number of carbonyl (C=O) groups is 1. The van der Waals surface area contributed by atoms with Gasteiger partial charge in [0.1, 0.15) is 17.3 Å². The van der Waals surface area contributed by atoms with Gasteiger partial charge in [-0.3, -0.25) is 10.3 Å². The number of likely N-dealkylation sites (tertiary alicyclic amines) is 1. The van der Waals surface area contributed by atoms with E-state index in [0.29, 0.717) is 23.0 Å². The van der Waals surface area contributed by atoms with Gasteiger partial charge < -0.3 is 20.1 Å². The Morgan fingerprint density at radius 3 is 2.35 bits per heavy atom. The molecule has 0 spiro atoms. The summed E-state index contributed by atoms with van der Waals surface area (Å²) in [7, 11) is 0. The molecule has 40 heavy (non-hydrogen) atoms. The van der Waals surface area contributed by atoms with E-state index in [2.05, 4.69) is 53.4 Å². The van der Waals surface area contributed by atoms with Gasteiger partial charge in [-0.25, -0.2) is 9.48 Å². The van der Waals surface area contributed by atoms with Crippen molar-refractivity contribution < 1.29 is 14.6 Å². The Balaban J connectivity index is 1.25. The van der Waals surface area contributed by atoms with E-state index >= 15 is 0 Å². The normalized spacial score (nSPS) is 15.7. The maximum atomic E-state index is 13.0. The number of aliphatic hydroxyl groups is 1. The van der Waals surface area contributed by atoms with Gasteiger partial charge in [-0.15, -0.1) is 0 Å². The van der Waals surface area contributed by atoms with Crippen LogP contribution in [0.3, 0.4) is 0 Å². The van der Waals surface area contributed by atoms with Crippen LogP contribution in [0.25, 0.3) is 5.69 Å². The summed E-state index contributed by atoms with van der Waals surface area (Å²) in [5.74, 6) is 1.93. The summed E-state index contributed by atoms with van der Waals surface area (Å²) < 4.78 is 7.56. The number of carbonyl (C=O) groups excluding carboxylic acids is 1. The van der Waals surface area contributed by atoms with Gasteiger partial charge >= 0.3 is 6.03 Å². The lowest BCUT2D eigenvalue weighted by atomic mass is 9.92. The molecule has 9 heteroatoms. The number of nitrogens with one attached hydrogen (secondary N) is 2. The van der Waals surface area contributed by atoms with Crippen molar-refractivity contribution in [1.82, 2.24) is 19.7 Å². The Morgan fingerprint density at radius 1 is 1.00 bits per heavy atom. The van der Waals surface area contributed by atoms with E-state index in [1.807, 2.05) is 18.2 Å². The van der Waals surface area contributed by atoms with Crippen molar-refractivity contribution in [2.75, 3.05) is 30.3 Å². The predicted molar refractivity (Wildman–Crippen MR) is 156 cm³/mol. The van der Waals surface area contributed by atoms with Crippen molar-refractivity contribution in [2.45, 2.75) is 45.1 Å².